The molecular formula is C13H13BrN2O2S. The summed E-state index contributed by atoms with van der Waals surface area (Å²) in [6.07, 6.45) is 0.901. The molecule has 1 N–H and O–H groups in total. The van der Waals surface area contributed by atoms with Crippen LogP contribution in [0.1, 0.15) is 10.4 Å². The van der Waals surface area contributed by atoms with Gasteiger partial charge >= 0.3 is 0 Å². The van der Waals surface area contributed by atoms with Gasteiger partial charge in [0.2, 0.25) is 0 Å². The number of hydrogen-bond acceptors (Lipinski definition) is 4. The number of nitro groups is 1. The summed E-state index contributed by atoms with van der Waals surface area (Å²) in [6, 6.07) is 8.98. The van der Waals surface area contributed by atoms with Gasteiger partial charge in [0.1, 0.15) is 0 Å². The highest BCUT2D eigenvalue weighted by Crippen LogP contribution is 2.24. The van der Waals surface area contributed by atoms with E-state index in [4.69, 9.17) is 0 Å². The maximum Gasteiger partial charge on any atom is 0.271 e. The average Bonchev–Trinajstić information content (AvgIpc) is 2.77. The second-order valence-electron chi connectivity index (χ2n) is 4.14. The van der Waals surface area contributed by atoms with E-state index in [1.165, 1.54) is 10.9 Å². The van der Waals surface area contributed by atoms with Gasteiger partial charge in [-0.3, -0.25) is 10.1 Å². The first-order chi connectivity index (χ1) is 9.06. The van der Waals surface area contributed by atoms with Crippen molar-refractivity contribution in [1.82, 2.24) is 0 Å². The Balaban J connectivity index is 1.99. The summed E-state index contributed by atoms with van der Waals surface area (Å²) >= 11 is 5.13. The van der Waals surface area contributed by atoms with Gasteiger partial charge in [0.15, 0.2) is 0 Å². The Labute approximate surface area is 123 Å². The zero-order chi connectivity index (χ0) is 13.8. The molecule has 1 aromatic carbocycles. The van der Waals surface area contributed by atoms with Crippen LogP contribution < -0.4 is 5.32 Å². The van der Waals surface area contributed by atoms with Crippen LogP contribution in [-0.4, -0.2) is 11.5 Å². The lowest BCUT2D eigenvalue weighted by Gasteiger charge is -2.08. The summed E-state index contributed by atoms with van der Waals surface area (Å²) < 4.78 is 1.12. The number of anilines is 1. The molecular weight excluding hydrogens is 328 g/mol. The second kappa shape index (κ2) is 6.16. The number of rotatable bonds is 5. The Morgan fingerprint density at radius 2 is 2.16 bits per heavy atom. The molecule has 0 saturated heterocycles. The minimum absolute atomic E-state index is 0.118. The van der Waals surface area contributed by atoms with E-state index in [0.717, 1.165) is 28.0 Å². The van der Waals surface area contributed by atoms with E-state index in [1.54, 1.807) is 23.5 Å². The van der Waals surface area contributed by atoms with Crippen LogP contribution in [0, 0.1) is 17.0 Å². The fraction of sp³-hybridized carbons (Fsp3) is 0.231. The molecule has 0 atom stereocenters. The first-order valence-electron chi connectivity index (χ1n) is 5.79. The van der Waals surface area contributed by atoms with E-state index < -0.39 is 0 Å². The molecule has 0 fully saturated rings. The van der Waals surface area contributed by atoms with E-state index in [-0.39, 0.29) is 10.6 Å². The molecule has 19 heavy (non-hydrogen) atoms. The first-order valence-corrected chi connectivity index (χ1v) is 7.40. The van der Waals surface area contributed by atoms with E-state index in [2.05, 4.69) is 27.3 Å². The molecule has 0 saturated carbocycles. The van der Waals surface area contributed by atoms with Crippen LogP contribution in [0.15, 0.2) is 34.1 Å². The molecule has 1 heterocycles. The summed E-state index contributed by atoms with van der Waals surface area (Å²) in [7, 11) is 0. The second-order valence-corrected chi connectivity index (χ2v) is 6.69. The van der Waals surface area contributed by atoms with Crippen LogP contribution in [0.4, 0.5) is 11.4 Å². The number of aryl methyl sites for hydroxylation is 1. The van der Waals surface area contributed by atoms with Crippen molar-refractivity contribution >= 4 is 38.6 Å². The molecule has 0 aliphatic rings. The lowest BCUT2D eigenvalue weighted by molar-refractivity contribution is -0.384. The quantitative estimate of drug-likeness (QED) is 0.648. The Kier molecular flexibility index (Phi) is 4.55. The van der Waals surface area contributed by atoms with Crippen molar-refractivity contribution in [2.75, 3.05) is 11.9 Å². The number of nitrogens with one attached hydrogen (secondary N) is 1. The minimum Gasteiger partial charge on any atom is -0.384 e. The molecule has 0 aliphatic carbocycles. The van der Waals surface area contributed by atoms with Gasteiger partial charge in [-0.05, 0) is 47.0 Å². The molecule has 4 nitrogen and oxygen atoms in total. The van der Waals surface area contributed by atoms with E-state index in [0.29, 0.717) is 0 Å². The maximum absolute atomic E-state index is 10.7. The van der Waals surface area contributed by atoms with Gasteiger partial charge in [0.25, 0.3) is 5.69 Å². The van der Waals surface area contributed by atoms with Gasteiger partial charge in [0.05, 0.1) is 8.71 Å². The number of halogens is 1. The topological polar surface area (TPSA) is 55.2 Å². The number of thiophene rings is 1. The predicted molar refractivity (Wildman–Crippen MR) is 82.0 cm³/mol. The average molecular weight is 341 g/mol. The van der Waals surface area contributed by atoms with Gasteiger partial charge in [-0.15, -0.1) is 11.3 Å². The Morgan fingerprint density at radius 1 is 1.37 bits per heavy atom. The van der Waals surface area contributed by atoms with Crippen LogP contribution in [-0.2, 0) is 6.42 Å². The largest absolute Gasteiger partial charge is 0.384 e. The van der Waals surface area contributed by atoms with Gasteiger partial charge in [-0.25, -0.2) is 0 Å². The van der Waals surface area contributed by atoms with Gasteiger partial charge < -0.3 is 5.32 Å². The molecule has 1 aromatic heterocycles. The molecule has 0 spiro atoms. The number of benzene rings is 1. The van der Waals surface area contributed by atoms with Crippen LogP contribution >= 0.6 is 27.3 Å². The minimum atomic E-state index is -0.374. The highest BCUT2D eigenvalue weighted by Gasteiger charge is 2.08. The zero-order valence-corrected chi connectivity index (χ0v) is 12.8. The molecule has 0 unspecified atom stereocenters. The third kappa shape index (κ3) is 3.78. The number of hydrogen-bond donors (Lipinski definition) is 1. The highest BCUT2D eigenvalue weighted by atomic mass is 79.9. The van der Waals surface area contributed by atoms with Crippen LogP contribution in [0.5, 0.6) is 0 Å². The van der Waals surface area contributed by atoms with Crippen LogP contribution in [0.25, 0.3) is 0 Å². The summed E-state index contributed by atoms with van der Waals surface area (Å²) in [6.45, 7) is 2.70. The third-order valence-corrected chi connectivity index (χ3v) is 4.43. The fourth-order valence-electron chi connectivity index (χ4n) is 1.72. The molecule has 6 heteroatoms. The predicted octanol–water partition coefficient (Wildman–Crippen LogP) is 4.38. The first kappa shape index (κ1) is 14.0. The molecule has 2 rings (SSSR count). The maximum atomic E-state index is 10.7. The number of non-ortho nitro benzene ring substituents is 1. The van der Waals surface area contributed by atoms with Crippen molar-refractivity contribution in [3.8, 4) is 0 Å². The standard InChI is InChI=1S/C13H13BrN2O2S/c1-9-2-3-10(16(17)18)8-12(9)15-7-6-11-4-5-13(14)19-11/h2-5,8,15H,6-7H2,1H3. The molecule has 2 aromatic rings. The number of nitro benzene ring substituents is 1. The molecule has 0 amide bonds. The van der Waals surface area contributed by atoms with Crippen molar-refractivity contribution in [3.05, 3.63) is 54.7 Å². The fourth-order valence-corrected chi connectivity index (χ4v) is 3.20. The summed E-state index contributed by atoms with van der Waals surface area (Å²) in [5.41, 5.74) is 1.95. The van der Waals surface area contributed by atoms with Crippen LogP contribution in [0.2, 0.25) is 0 Å². The lowest BCUT2D eigenvalue weighted by atomic mass is 10.2. The van der Waals surface area contributed by atoms with Crippen molar-refractivity contribution < 1.29 is 4.92 Å². The monoisotopic (exact) mass is 340 g/mol. The van der Waals surface area contributed by atoms with E-state index >= 15 is 0 Å². The molecule has 0 aliphatic heterocycles. The Morgan fingerprint density at radius 3 is 2.79 bits per heavy atom. The Hall–Kier alpha value is -1.40. The van der Waals surface area contributed by atoms with Crippen molar-refractivity contribution in [2.24, 2.45) is 0 Å². The summed E-state index contributed by atoms with van der Waals surface area (Å²) in [5, 5.41) is 14.0. The van der Waals surface area contributed by atoms with Crippen LogP contribution in [0.3, 0.4) is 0 Å². The zero-order valence-electron chi connectivity index (χ0n) is 10.4. The van der Waals surface area contributed by atoms with Crippen molar-refractivity contribution in [1.29, 1.82) is 0 Å². The Bertz CT molecular complexity index is 598. The van der Waals surface area contributed by atoms with Gasteiger partial charge in [0, 0.05) is 29.2 Å². The van der Waals surface area contributed by atoms with Crippen molar-refractivity contribution in [3.63, 3.8) is 0 Å². The molecule has 0 radical (unpaired) electrons. The third-order valence-electron chi connectivity index (χ3n) is 2.75. The highest BCUT2D eigenvalue weighted by molar-refractivity contribution is 9.11. The number of nitrogens with zero attached hydrogens (tertiary/aromatic N) is 1. The molecule has 100 valence electrons. The van der Waals surface area contributed by atoms with E-state index in [1.807, 2.05) is 13.0 Å². The summed E-state index contributed by atoms with van der Waals surface area (Å²) in [4.78, 5) is 11.6. The van der Waals surface area contributed by atoms with Crippen molar-refractivity contribution in [2.45, 2.75) is 13.3 Å². The van der Waals surface area contributed by atoms with E-state index in [9.17, 15) is 10.1 Å². The van der Waals surface area contributed by atoms with Gasteiger partial charge in [-0.2, -0.15) is 0 Å². The molecule has 0 bridgehead atoms. The van der Waals surface area contributed by atoms with Gasteiger partial charge in [-0.1, -0.05) is 6.07 Å². The summed E-state index contributed by atoms with van der Waals surface area (Å²) in [5.74, 6) is 0. The smallest absolute Gasteiger partial charge is 0.271 e. The normalized spacial score (nSPS) is 10.4. The lowest BCUT2D eigenvalue weighted by Crippen LogP contribution is -2.05. The SMILES string of the molecule is Cc1ccc([N+](=O)[O-])cc1NCCc1ccc(Br)s1.